The number of aromatic nitrogens is 1. The second-order valence-electron chi connectivity index (χ2n) is 17.3. The van der Waals surface area contributed by atoms with Crippen LogP contribution in [-0.4, -0.2) is 92.6 Å². The minimum atomic E-state index is -3.95. The second kappa shape index (κ2) is 15.7. The van der Waals surface area contributed by atoms with E-state index in [1.54, 1.807) is 49.9 Å². The van der Waals surface area contributed by atoms with Crippen molar-refractivity contribution in [1.82, 2.24) is 24.6 Å². The highest BCUT2D eigenvalue weighted by Crippen LogP contribution is 2.53. The van der Waals surface area contributed by atoms with Crippen LogP contribution in [0.1, 0.15) is 67.2 Å². The number of rotatable bonds is 14. The third kappa shape index (κ3) is 9.13. The fourth-order valence-electron chi connectivity index (χ4n) is 7.42. The van der Waals surface area contributed by atoms with Crippen LogP contribution >= 0.6 is 11.6 Å². The van der Waals surface area contributed by atoms with E-state index in [-0.39, 0.29) is 30.2 Å². The molecular formula is C40H51ClN6O9S2. The van der Waals surface area contributed by atoms with Gasteiger partial charge in [0.05, 0.1) is 29.5 Å². The Labute approximate surface area is 344 Å². The number of likely N-dealkylation sites (tertiary alicyclic amines) is 1. The molecule has 0 spiro atoms. The summed E-state index contributed by atoms with van der Waals surface area (Å²) >= 11 is 6.36. The lowest BCUT2D eigenvalue weighted by Gasteiger charge is -2.34. The number of sulfonamides is 2. The van der Waals surface area contributed by atoms with Crippen molar-refractivity contribution < 1.29 is 40.7 Å². The maximum Gasteiger partial charge on any atom is 0.254 e. The molecule has 0 unspecified atom stereocenters. The Morgan fingerprint density at radius 3 is 2.26 bits per heavy atom. The number of carbonyl (C=O) groups is 3. The maximum absolute atomic E-state index is 14.4. The summed E-state index contributed by atoms with van der Waals surface area (Å²) in [6.07, 6.45) is 3.41. The summed E-state index contributed by atoms with van der Waals surface area (Å²) in [5, 5.41) is 6.71. The Kier molecular flexibility index (Phi) is 11.7. The first-order chi connectivity index (χ1) is 27.0. The molecule has 0 radical (unpaired) electrons. The van der Waals surface area contributed by atoms with Crippen molar-refractivity contribution in [2.24, 2.45) is 11.3 Å². The second-order valence-corrected chi connectivity index (χ2v) is 21.4. The number of pyridine rings is 1. The highest BCUT2D eigenvalue weighted by atomic mass is 35.5. The Morgan fingerprint density at radius 1 is 1.02 bits per heavy atom. The number of nitrogens with zero attached hydrogens (tertiary/aromatic N) is 2. The molecule has 15 nitrogen and oxygen atoms in total. The van der Waals surface area contributed by atoms with Crippen LogP contribution in [0.5, 0.6) is 11.6 Å². The molecule has 2 heterocycles. The van der Waals surface area contributed by atoms with E-state index in [2.05, 4.69) is 31.6 Å². The summed E-state index contributed by atoms with van der Waals surface area (Å²) in [6, 6.07) is 8.96. The van der Waals surface area contributed by atoms with E-state index in [0.29, 0.717) is 40.1 Å². The van der Waals surface area contributed by atoms with Gasteiger partial charge in [0.15, 0.2) is 0 Å². The van der Waals surface area contributed by atoms with Gasteiger partial charge < -0.3 is 14.8 Å². The quantitative estimate of drug-likeness (QED) is 0.166. The van der Waals surface area contributed by atoms with Crippen LogP contribution in [0.15, 0.2) is 66.2 Å². The normalized spacial score (nSPS) is 23.1. The van der Waals surface area contributed by atoms with Gasteiger partial charge in [0.2, 0.25) is 37.7 Å². The van der Waals surface area contributed by atoms with Gasteiger partial charge in [-0.15, -0.1) is 6.58 Å². The molecule has 1 saturated heterocycles. The van der Waals surface area contributed by atoms with E-state index >= 15 is 0 Å². The Balaban J connectivity index is 1.28. The van der Waals surface area contributed by atoms with Gasteiger partial charge in [-0.05, 0) is 87.9 Å². The van der Waals surface area contributed by atoms with Gasteiger partial charge in [-0.2, -0.15) is 0 Å². The molecular weight excluding hydrogens is 808 g/mol. The largest absolute Gasteiger partial charge is 0.494 e. The number of ether oxygens (including phenoxy) is 2. The van der Waals surface area contributed by atoms with Crippen molar-refractivity contribution >= 4 is 65.8 Å². The molecule has 3 aliphatic rings. The first-order valence-corrected chi connectivity index (χ1v) is 22.4. The Morgan fingerprint density at radius 2 is 1.69 bits per heavy atom. The van der Waals surface area contributed by atoms with Gasteiger partial charge >= 0.3 is 0 Å². The zero-order valence-corrected chi connectivity index (χ0v) is 36.0. The van der Waals surface area contributed by atoms with Crippen LogP contribution < -0.4 is 29.6 Å². The zero-order valence-electron chi connectivity index (χ0n) is 33.6. The number of hydrogen-bond donors (Lipinski definition) is 4. The molecule has 58 heavy (non-hydrogen) atoms. The third-order valence-corrected chi connectivity index (χ3v) is 14.3. The van der Waals surface area contributed by atoms with E-state index in [4.69, 9.17) is 21.1 Å². The van der Waals surface area contributed by atoms with Gasteiger partial charge in [-0.1, -0.05) is 38.4 Å². The van der Waals surface area contributed by atoms with Crippen molar-refractivity contribution in [1.29, 1.82) is 0 Å². The number of imide groups is 1. The molecule has 3 amide bonds. The number of amides is 3. The molecule has 3 fully saturated rings. The molecule has 4 N–H and O–H groups in total. The fraction of sp³-hybridized carbons (Fsp3) is 0.500. The van der Waals surface area contributed by atoms with Crippen molar-refractivity contribution in [3.63, 3.8) is 0 Å². The number of halogens is 1. The van der Waals surface area contributed by atoms with Crippen LogP contribution in [0.4, 0.5) is 5.69 Å². The number of fused-ring (bicyclic) bond motifs is 1. The summed E-state index contributed by atoms with van der Waals surface area (Å²) in [5.41, 5.74) is -2.48. The monoisotopic (exact) mass is 858 g/mol. The Hall–Kier alpha value is -4.29. The minimum Gasteiger partial charge on any atom is -0.494 e. The predicted octanol–water partition coefficient (Wildman–Crippen LogP) is 4.52. The molecule has 314 valence electrons. The molecule has 2 aliphatic carbocycles. The third-order valence-electron chi connectivity index (χ3n) is 10.5. The van der Waals surface area contributed by atoms with Crippen LogP contribution in [0, 0.1) is 11.3 Å². The standard InChI is InChI=1S/C40H51ClN6O9S2/c1-9-23-20-40(23,37(50)45-57(51,52)27-15-16-27)47-22-26(56-36-30-18-24(41)10-17-29(30)32(55-8)21-42-36)19-31(47)34(48)44-35(49)33(38(2,3)4)43-25-11-13-28(14-12-25)58(53,54)46-39(5,6)7/h9-14,17-18,21,23,26-27,31,33,43,46H,1,15-16,19-20,22H2,2-8H3,(H,45,50)(H,44,48,49)/t23-,26-,31+,33-,40-/m1/s1. The SMILES string of the molecule is C=C[C@@H]1C[C@@]1(C(=O)NS(=O)(=O)C1CC1)N1C[C@H](Oc2ncc(OC)c3ccc(Cl)cc23)C[C@H]1C(=O)NC(=O)[C@@H](Nc1ccc(S(=O)(=O)NC(C)(C)C)cc1)C(C)(C)C. The van der Waals surface area contributed by atoms with Crippen LogP contribution in [-0.2, 0) is 34.4 Å². The van der Waals surface area contributed by atoms with E-state index in [0.717, 1.165) is 0 Å². The summed E-state index contributed by atoms with van der Waals surface area (Å²) < 4.78 is 68.6. The van der Waals surface area contributed by atoms with Gasteiger partial charge in [-0.3, -0.25) is 29.3 Å². The van der Waals surface area contributed by atoms with Crippen LogP contribution in [0.25, 0.3) is 10.8 Å². The molecule has 2 saturated carbocycles. The predicted molar refractivity (Wildman–Crippen MR) is 220 cm³/mol. The fourth-order valence-corrected chi connectivity index (χ4v) is 10.4. The van der Waals surface area contributed by atoms with Gasteiger partial charge in [0.25, 0.3) is 5.91 Å². The van der Waals surface area contributed by atoms with Crippen molar-refractivity contribution in [3.05, 3.63) is 66.3 Å². The summed E-state index contributed by atoms with van der Waals surface area (Å²) in [6.45, 7) is 14.5. The minimum absolute atomic E-state index is 0.00353. The number of anilines is 1. The van der Waals surface area contributed by atoms with E-state index < -0.39 is 83.6 Å². The molecule has 5 atom stereocenters. The zero-order chi connectivity index (χ0) is 42.6. The van der Waals surface area contributed by atoms with E-state index in [9.17, 15) is 31.2 Å². The summed E-state index contributed by atoms with van der Waals surface area (Å²) in [4.78, 5) is 48.7. The molecule has 0 bridgehead atoms. The average molecular weight is 859 g/mol. The van der Waals surface area contributed by atoms with E-state index in [1.165, 1.54) is 37.6 Å². The van der Waals surface area contributed by atoms with Gasteiger partial charge in [0.1, 0.15) is 23.4 Å². The molecule has 6 rings (SSSR count). The molecule has 3 aromatic rings. The number of methoxy groups -OCH3 is 1. The van der Waals surface area contributed by atoms with Gasteiger partial charge in [-0.25, -0.2) is 26.5 Å². The average Bonchev–Trinajstić information content (AvgIpc) is 4.06. The first kappa shape index (κ1) is 43.3. The van der Waals surface area contributed by atoms with Crippen molar-refractivity contribution in [2.75, 3.05) is 19.0 Å². The number of hydrogen-bond acceptors (Lipinski definition) is 12. The Bertz CT molecular complexity index is 2340. The smallest absolute Gasteiger partial charge is 0.254 e. The number of benzene rings is 2. The van der Waals surface area contributed by atoms with Crippen LogP contribution in [0.2, 0.25) is 5.02 Å². The molecule has 18 heteroatoms. The van der Waals surface area contributed by atoms with Crippen LogP contribution in [0.3, 0.4) is 0 Å². The highest BCUT2D eigenvalue weighted by molar-refractivity contribution is 7.91. The topological polar surface area (TPSA) is 202 Å². The lowest BCUT2D eigenvalue weighted by Crippen LogP contribution is -2.59. The van der Waals surface area contributed by atoms with Crippen molar-refractivity contribution in [3.8, 4) is 11.6 Å². The number of carbonyl (C=O) groups excluding carboxylic acids is 3. The maximum atomic E-state index is 14.4. The molecule has 2 aromatic carbocycles. The lowest BCUT2D eigenvalue weighted by molar-refractivity contribution is -0.136. The first-order valence-electron chi connectivity index (χ1n) is 19.0. The van der Waals surface area contributed by atoms with Crippen molar-refractivity contribution in [2.45, 2.75) is 107 Å². The van der Waals surface area contributed by atoms with E-state index in [1.807, 2.05) is 20.8 Å². The summed E-state index contributed by atoms with van der Waals surface area (Å²) in [5.74, 6) is -1.97. The molecule has 1 aromatic heterocycles. The lowest BCUT2D eigenvalue weighted by atomic mass is 9.85. The molecule has 1 aliphatic heterocycles. The number of nitrogens with one attached hydrogen (secondary N) is 4. The highest BCUT2D eigenvalue weighted by Gasteiger charge is 2.67. The summed E-state index contributed by atoms with van der Waals surface area (Å²) in [7, 11) is -6.24. The van der Waals surface area contributed by atoms with Gasteiger partial charge in [0, 0.05) is 45.9 Å².